The van der Waals surface area contributed by atoms with Crippen molar-refractivity contribution in [1.82, 2.24) is 9.78 Å². The summed E-state index contributed by atoms with van der Waals surface area (Å²) < 4.78 is 41.7. The van der Waals surface area contributed by atoms with Gasteiger partial charge in [-0.25, -0.2) is 0 Å². The zero-order valence-electron chi connectivity index (χ0n) is 15.3. The van der Waals surface area contributed by atoms with Crippen LogP contribution in [0.1, 0.15) is 12.1 Å². The van der Waals surface area contributed by atoms with Crippen LogP contribution in [0.5, 0.6) is 0 Å². The number of halogens is 3. The number of nitrogens with zero attached hydrogens (tertiary/aromatic N) is 2. The highest BCUT2D eigenvalue weighted by Crippen LogP contribution is 2.49. The number of anilines is 1. The second-order valence-corrected chi connectivity index (χ2v) is 7.39. The molecular formula is C20H18F3N3O3. The van der Waals surface area contributed by atoms with Gasteiger partial charge in [-0.15, -0.1) is 0 Å². The maximum atomic E-state index is 13.6. The van der Waals surface area contributed by atoms with Crippen molar-refractivity contribution in [2.45, 2.75) is 12.6 Å². The van der Waals surface area contributed by atoms with Crippen molar-refractivity contribution < 1.29 is 27.9 Å². The predicted octanol–water partition coefficient (Wildman–Crippen LogP) is 3.57. The van der Waals surface area contributed by atoms with Gasteiger partial charge >= 0.3 is 12.1 Å². The standard InChI is InChI=1S/C20H18F3N3O3/c1-26-17(15(10-5-3-2-4-6-10)16(25-26)20(21,22)23)24-18(27)13-11-7-8-12(9-11)14(13)19(28)29/h2-8,11-14H,9H2,1H3,(H,24,27)(H,28,29)/t11-,12-,13-,14-/m0/s1. The topological polar surface area (TPSA) is 84.2 Å². The Balaban J connectivity index is 1.74. The average molecular weight is 405 g/mol. The molecule has 2 aliphatic rings. The molecule has 9 heteroatoms. The van der Waals surface area contributed by atoms with Crippen molar-refractivity contribution in [3.63, 3.8) is 0 Å². The third-order valence-electron chi connectivity index (χ3n) is 5.67. The zero-order valence-corrected chi connectivity index (χ0v) is 15.3. The quantitative estimate of drug-likeness (QED) is 0.762. The van der Waals surface area contributed by atoms with Crippen LogP contribution in [0.15, 0.2) is 42.5 Å². The Morgan fingerprint density at radius 1 is 1.14 bits per heavy atom. The van der Waals surface area contributed by atoms with Gasteiger partial charge in [0.2, 0.25) is 5.91 Å². The van der Waals surface area contributed by atoms with Gasteiger partial charge in [-0.2, -0.15) is 18.3 Å². The second-order valence-electron chi connectivity index (χ2n) is 7.39. The highest BCUT2D eigenvalue weighted by atomic mass is 19.4. The van der Waals surface area contributed by atoms with Crippen molar-refractivity contribution in [3.05, 3.63) is 48.2 Å². The summed E-state index contributed by atoms with van der Waals surface area (Å²) >= 11 is 0. The lowest BCUT2D eigenvalue weighted by molar-refractivity contribution is -0.146. The average Bonchev–Trinajstić information content (AvgIpc) is 3.35. The Labute approximate surface area is 164 Å². The maximum absolute atomic E-state index is 13.6. The van der Waals surface area contributed by atoms with Crippen LogP contribution in [-0.2, 0) is 22.8 Å². The minimum Gasteiger partial charge on any atom is -0.481 e. The lowest BCUT2D eigenvalue weighted by Gasteiger charge is -2.24. The molecule has 1 aromatic heterocycles. The molecule has 29 heavy (non-hydrogen) atoms. The monoisotopic (exact) mass is 405 g/mol. The van der Waals surface area contributed by atoms with Gasteiger partial charge in [-0.1, -0.05) is 42.5 Å². The van der Waals surface area contributed by atoms with Crippen LogP contribution in [0.4, 0.5) is 19.0 Å². The van der Waals surface area contributed by atoms with Crippen molar-refractivity contribution in [2.75, 3.05) is 5.32 Å². The Bertz CT molecular complexity index is 998. The predicted molar refractivity (Wildman–Crippen MR) is 97.6 cm³/mol. The molecule has 0 saturated heterocycles. The molecular weight excluding hydrogens is 387 g/mol. The van der Waals surface area contributed by atoms with Gasteiger partial charge in [-0.05, 0) is 23.8 Å². The van der Waals surface area contributed by atoms with E-state index in [0.717, 1.165) is 4.68 Å². The number of benzene rings is 1. The molecule has 0 aliphatic heterocycles. The molecule has 0 spiro atoms. The fraction of sp³-hybridized carbons (Fsp3) is 0.350. The van der Waals surface area contributed by atoms with Gasteiger partial charge in [-0.3, -0.25) is 14.3 Å². The van der Waals surface area contributed by atoms with Crippen LogP contribution < -0.4 is 5.32 Å². The maximum Gasteiger partial charge on any atom is 0.435 e. The van der Waals surface area contributed by atoms with Gasteiger partial charge in [0.1, 0.15) is 5.82 Å². The Hall–Kier alpha value is -3.10. The van der Waals surface area contributed by atoms with Gasteiger partial charge < -0.3 is 10.4 Å². The molecule has 0 unspecified atom stereocenters. The highest BCUT2D eigenvalue weighted by molar-refractivity contribution is 5.99. The van der Waals surface area contributed by atoms with Gasteiger partial charge in [0, 0.05) is 7.05 Å². The number of allylic oxidation sites excluding steroid dienone is 2. The number of fused-ring (bicyclic) bond motifs is 2. The van der Waals surface area contributed by atoms with E-state index in [1.54, 1.807) is 24.3 Å². The molecule has 1 fully saturated rings. The number of aromatic nitrogens is 2. The number of carbonyl (C=O) groups excluding carboxylic acids is 1. The van der Waals surface area contributed by atoms with E-state index in [1.807, 2.05) is 6.08 Å². The van der Waals surface area contributed by atoms with Crippen LogP contribution in [0.3, 0.4) is 0 Å². The van der Waals surface area contributed by atoms with Crippen LogP contribution in [0.2, 0.25) is 0 Å². The number of carboxylic acid groups (broad SMARTS) is 1. The van der Waals surface area contributed by atoms with E-state index >= 15 is 0 Å². The minimum atomic E-state index is -4.72. The summed E-state index contributed by atoms with van der Waals surface area (Å²) in [4.78, 5) is 24.7. The first-order chi connectivity index (χ1) is 13.7. The van der Waals surface area contributed by atoms with Crippen molar-refractivity contribution >= 4 is 17.7 Å². The van der Waals surface area contributed by atoms with Gasteiger partial charge in [0.05, 0.1) is 17.4 Å². The fourth-order valence-corrected chi connectivity index (χ4v) is 4.46. The number of nitrogens with one attached hydrogen (secondary N) is 1. The van der Waals surface area contributed by atoms with Gasteiger partial charge in [0.15, 0.2) is 5.69 Å². The number of hydrogen-bond acceptors (Lipinski definition) is 3. The molecule has 2 bridgehead atoms. The van der Waals surface area contributed by atoms with Crippen LogP contribution in [-0.4, -0.2) is 26.8 Å². The Morgan fingerprint density at radius 2 is 1.76 bits per heavy atom. The molecule has 2 aliphatic carbocycles. The van der Waals surface area contributed by atoms with Crippen LogP contribution >= 0.6 is 0 Å². The van der Waals surface area contributed by atoms with E-state index < -0.39 is 35.6 Å². The van der Waals surface area contributed by atoms with E-state index in [-0.39, 0.29) is 28.8 Å². The summed E-state index contributed by atoms with van der Waals surface area (Å²) in [5.74, 6) is -4.00. The molecule has 6 nitrogen and oxygen atoms in total. The van der Waals surface area contributed by atoms with Gasteiger partial charge in [0.25, 0.3) is 0 Å². The number of carboxylic acids is 1. The van der Waals surface area contributed by atoms with E-state index in [9.17, 15) is 27.9 Å². The van der Waals surface area contributed by atoms with Crippen LogP contribution in [0, 0.1) is 23.7 Å². The Kier molecular flexibility index (Phi) is 4.48. The van der Waals surface area contributed by atoms with Crippen LogP contribution in [0.25, 0.3) is 11.1 Å². The van der Waals surface area contributed by atoms with Crippen molar-refractivity contribution in [1.29, 1.82) is 0 Å². The molecule has 1 amide bonds. The first kappa shape index (κ1) is 19.2. The highest BCUT2D eigenvalue weighted by Gasteiger charge is 2.52. The smallest absolute Gasteiger partial charge is 0.435 e. The second kappa shape index (κ2) is 6.75. The lowest BCUT2D eigenvalue weighted by atomic mass is 9.82. The number of aliphatic carboxylic acids is 1. The molecule has 0 radical (unpaired) electrons. The van der Waals surface area contributed by atoms with E-state index in [2.05, 4.69) is 10.4 Å². The molecule has 1 heterocycles. The first-order valence-corrected chi connectivity index (χ1v) is 9.10. The SMILES string of the molecule is Cn1nc(C(F)(F)F)c(-c2ccccc2)c1NC(=O)[C@@H]1[C@@H](C(=O)O)[C@H]2C=C[C@H]1C2. The van der Waals surface area contributed by atoms with E-state index in [1.165, 1.54) is 19.2 Å². The molecule has 2 N–H and O–H groups in total. The summed E-state index contributed by atoms with van der Waals surface area (Å²) in [6.45, 7) is 0. The Morgan fingerprint density at radius 3 is 2.34 bits per heavy atom. The number of carbonyl (C=O) groups is 2. The summed E-state index contributed by atoms with van der Waals surface area (Å²) in [7, 11) is 1.31. The number of hydrogen-bond donors (Lipinski definition) is 2. The number of amides is 1. The molecule has 2 aromatic rings. The largest absolute Gasteiger partial charge is 0.481 e. The molecule has 152 valence electrons. The summed E-state index contributed by atoms with van der Waals surface area (Å²) in [5.41, 5.74) is -1.09. The van der Waals surface area contributed by atoms with Crippen molar-refractivity contribution in [3.8, 4) is 11.1 Å². The molecule has 4 rings (SSSR count). The molecule has 1 aromatic carbocycles. The normalized spacial score (nSPS) is 25.4. The summed E-state index contributed by atoms with van der Waals surface area (Å²) in [5, 5.41) is 15.7. The zero-order chi connectivity index (χ0) is 20.9. The third kappa shape index (κ3) is 3.20. The summed E-state index contributed by atoms with van der Waals surface area (Å²) in [6, 6.07) is 7.86. The van der Waals surface area contributed by atoms with E-state index in [0.29, 0.717) is 6.42 Å². The molecule has 4 atom stereocenters. The number of rotatable bonds is 4. The third-order valence-corrected chi connectivity index (χ3v) is 5.67. The van der Waals surface area contributed by atoms with E-state index in [4.69, 9.17) is 0 Å². The number of alkyl halides is 3. The number of aryl methyl sites for hydroxylation is 1. The summed E-state index contributed by atoms with van der Waals surface area (Å²) in [6.07, 6.45) is -0.546. The lowest BCUT2D eigenvalue weighted by Crippen LogP contribution is -2.36. The minimum absolute atomic E-state index is 0.107. The molecule has 1 saturated carbocycles. The first-order valence-electron chi connectivity index (χ1n) is 9.10. The van der Waals surface area contributed by atoms with Crippen molar-refractivity contribution in [2.24, 2.45) is 30.7 Å². The fourth-order valence-electron chi connectivity index (χ4n) is 4.46.